The van der Waals surface area contributed by atoms with E-state index in [1.54, 1.807) is 6.92 Å². The van der Waals surface area contributed by atoms with Crippen LogP contribution in [0.2, 0.25) is 0 Å². The summed E-state index contributed by atoms with van der Waals surface area (Å²) in [7, 11) is 1.88. The van der Waals surface area contributed by atoms with Gasteiger partial charge in [-0.1, -0.05) is 24.9 Å². The van der Waals surface area contributed by atoms with Crippen LogP contribution in [0.1, 0.15) is 73.7 Å². The molecule has 3 aliphatic heterocycles. The van der Waals surface area contributed by atoms with E-state index in [0.29, 0.717) is 23.1 Å². The second kappa shape index (κ2) is 8.81. The first kappa shape index (κ1) is 22.1. The summed E-state index contributed by atoms with van der Waals surface area (Å²) in [5, 5.41) is 3.92. The zero-order valence-electron chi connectivity index (χ0n) is 19.4. The lowest BCUT2D eigenvalue weighted by Crippen LogP contribution is -2.55. The number of ether oxygens (including phenoxy) is 1. The zero-order chi connectivity index (χ0) is 22.2. The maximum Gasteiger partial charge on any atom is 0.410 e. The highest BCUT2D eigenvalue weighted by Crippen LogP contribution is 2.41. The van der Waals surface area contributed by atoms with Crippen LogP contribution in [0, 0.1) is 13.8 Å². The van der Waals surface area contributed by atoms with Crippen LogP contribution >= 0.6 is 0 Å². The Balaban J connectivity index is 1.32. The smallest absolute Gasteiger partial charge is 0.410 e. The molecule has 31 heavy (non-hydrogen) atoms. The summed E-state index contributed by atoms with van der Waals surface area (Å²) in [5.41, 5.74) is 0.959. The van der Waals surface area contributed by atoms with E-state index in [-0.39, 0.29) is 23.6 Å². The molecule has 1 spiro atoms. The van der Waals surface area contributed by atoms with E-state index in [1.165, 1.54) is 0 Å². The molecule has 0 aliphatic carbocycles. The Morgan fingerprint density at radius 3 is 2.42 bits per heavy atom. The van der Waals surface area contributed by atoms with Gasteiger partial charge >= 0.3 is 6.09 Å². The minimum atomic E-state index is -0.322. The number of carbonyl (C=O) groups excluding carboxylic acids is 2. The van der Waals surface area contributed by atoms with Crippen molar-refractivity contribution < 1.29 is 18.8 Å². The van der Waals surface area contributed by atoms with Crippen LogP contribution in [0.5, 0.6) is 0 Å². The number of rotatable bonds is 5. The summed E-state index contributed by atoms with van der Waals surface area (Å²) >= 11 is 0. The Bertz CT molecular complexity index is 787. The van der Waals surface area contributed by atoms with E-state index < -0.39 is 0 Å². The SMILES string of the molecule is CCCCC1N(C)C(=O)OC12CCN(C1CCN(C(=O)c3c(C)noc3C)CC1)CC2. The quantitative estimate of drug-likeness (QED) is 0.710. The molecule has 4 rings (SSSR count). The summed E-state index contributed by atoms with van der Waals surface area (Å²) in [4.78, 5) is 31.5. The molecule has 0 aromatic carbocycles. The molecule has 3 aliphatic rings. The number of aryl methyl sites for hydroxylation is 2. The Hall–Kier alpha value is -2.09. The van der Waals surface area contributed by atoms with Crippen LogP contribution in [0.15, 0.2) is 4.52 Å². The number of likely N-dealkylation sites (tertiary alicyclic amines) is 2. The Morgan fingerprint density at radius 2 is 1.84 bits per heavy atom. The van der Waals surface area contributed by atoms with E-state index in [4.69, 9.17) is 9.26 Å². The van der Waals surface area contributed by atoms with Crippen molar-refractivity contribution in [2.45, 2.75) is 83.4 Å². The van der Waals surface area contributed by atoms with E-state index in [0.717, 1.165) is 71.1 Å². The Labute approximate surface area is 184 Å². The zero-order valence-corrected chi connectivity index (χ0v) is 19.4. The highest BCUT2D eigenvalue weighted by Gasteiger charge is 2.53. The minimum absolute atomic E-state index is 0.0342. The largest absolute Gasteiger partial charge is 0.440 e. The van der Waals surface area contributed by atoms with Crippen LogP contribution < -0.4 is 0 Å². The van der Waals surface area contributed by atoms with Gasteiger partial charge in [0.2, 0.25) is 0 Å². The third-order valence-corrected chi connectivity index (χ3v) is 7.64. The average Bonchev–Trinajstić information content (AvgIpc) is 3.22. The van der Waals surface area contributed by atoms with Gasteiger partial charge in [-0.05, 0) is 33.1 Å². The molecule has 4 heterocycles. The predicted molar refractivity (Wildman–Crippen MR) is 116 cm³/mol. The number of piperidine rings is 2. The van der Waals surface area contributed by atoms with Crippen molar-refractivity contribution in [3.05, 3.63) is 17.0 Å². The maximum atomic E-state index is 12.9. The van der Waals surface area contributed by atoms with Gasteiger partial charge < -0.3 is 19.1 Å². The Kier molecular flexibility index (Phi) is 6.28. The topological polar surface area (TPSA) is 79.1 Å². The first-order chi connectivity index (χ1) is 14.9. The third kappa shape index (κ3) is 4.06. The van der Waals surface area contributed by atoms with Crippen molar-refractivity contribution in [3.8, 4) is 0 Å². The molecule has 172 valence electrons. The predicted octanol–water partition coefficient (Wildman–Crippen LogP) is 3.37. The highest BCUT2D eigenvalue weighted by molar-refractivity contribution is 5.96. The van der Waals surface area contributed by atoms with E-state index in [1.807, 2.05) is 23.8 Å². The number of hydrogen-bond acceptors (Lipinski definition) is 6. The lowest BCUT2D eigenvalue weighted by atomic mass is 9.81. The maximum absolute atomic E-state index is 12.9. The molecule has 8 heteroatoms. The lowest BCUT2D eigenvalue weighted by Gasteiger charge is -2.46. The molecular weight excluding hydrogens is 396 g/mol. The van der Waals surface area contributed by atoms with Gasteiger partial charge in [-0.15, -0.1) is 0 Å². The van der Waals surface area contributed by atoms with Gasteiger partial charge in [0.05, 0.1) is 11.7 Å². The van der Waals surface area contributed by atoms with Crippen LogP contribution in [0.3, 0.4) is 0 Å². The van der Waals surface area contributed by atoms with Crippen LogP contribution in [-0.2, 0) is 4.74 Å². The molecule has 0 N–H and O–H groups in total. The second-order valence-corrected chi connectivity index (χ2v) is 9.46. The summed E-state index contributed by atoms with van der Waals surface area (Å²) in [6.07, 6.45) is 6.84. The van der Waals surface area contributed by atoms with E-state index >= 15 is 0 Å². The van der Waals surface area contributed by atoms with Gasteiger partial charge in [-0.2, -0.15) is 0 Å². The second-order valence-electron chi connectivity index (χ2n) is 9.46. The van der Waals surface area contributed by atoms with Gasteiger partial charge in [0, 0.05) is 52.1 Å². The van der Waals surface area contributed by atoms with Crippen molar-refractivity contribution in [2.75, 3.05) is 33.2 Å². The molecule has 1 unspecified atom stereocenters. The van der Waals surface area contributed by atoms with E-state index in [9.17, 15) is 9.59 Å². The van der Waals surface area contributed by atoms with Crippen molar-refractivity contribution in [3.63, 3.8) is 0 Å². The number of nitrogens with zero attached hydrogens (tertiary/aromatic N) is 4. The summed E-state index contributed by atoms with van der Waals surface area (Å²) < 4.78 is 11.1. The number of likely N-dealkylation sites (N-methyl/N-ethyl adjacent to an activating group) is 1. The van der Waals surface area contributed by atoms with Gasteiger partial charge in [-0.3, -0.25) is 9.69 Å². The van der Waals surface area contributed by atoms with Crippen LogP contribution in [0.25, 0.3) is 0 Å². The summed E-state index contributed by atoms with van der Waals surface area (Å²) in [5.74, 6) is 0.631. The molecule has 8 nitrogen and oxygen atoms in total. The molecule has 1 aromatic rings. The summed E-state index contributed by atoms with van der Waals surface area (Å²) in [6.45, 7) is 9.22. The minimum Gasteiger partial charge on any atom is -0.440 e. The summed E-state index contributed by atoms with van der Waals surface area (Å²) in [6, 6.07) is 0.673. The van der Waals surface area contributed by atoms with Crippen LogP contribution in [0.4, 0.5) is 4.79 Å². The van der Waals surface area contributed by atoms with Crippen molar-refractivity contribution in [1.82, 2.24) is 19.9 Å². The monoisotopic (exact) mass is 432 g/mol. The van der Waals surface area contributed by atoms with Gasteiger partial charge in [0.15, 0.2) is 0 Å². The van der Waals surface area contributed by atoms with Gasteiger partial charge in [0.1, 0.15) is 16.9 Å². The molecule has 1 atom stereocenters. The first-order valence-electron chi connectivity index (χ1n) is 11.8. The molecule has 0 saturated carbocycles. The average molecular weight is 433 g/mol. The van der Waals surface area contributed by atoms with Crippen LogP contribution in [-0.4, -0.2) is 82.8 Å². The van der Waals surface area contributed by atoms with Crippen molar-refractivity contribution in [1.29, 1.82) is 0 Å². The molecule has 2 amide bonds. The standard InChI is InChI=1S/C23H36N4O4/c1-5-6-7-19-23(30-22(29)25(19)4)10-14-26(15-11-23)18-8-12-27(13-9-18)21(28)20-16(2)24-31-17(20)3/h18-19H,5-15H2,1-4H3. The number of carbonyl (C=O) groups is 2. The lowest BCUT2D eigenvalue weighted by molar-refractivity contribution is -0.0375. The number of amides is 2. The fourth-order valence-electron chi connectivity index (χ4n) is 5.73. The molecular formula is C23H36N4O4. The molecule has 0 bridgehead atoms. The number of unbranched alkanes of at least 4 members (excludes halogenated alkanes) is 1. The molecule has 3 saturated heterocycles. The third-order valence-electron chi connectivity index (χ3n) is 7.64. The Morgan fingerprint density at radius 1 is 1.16 bits per heavy atom. The number of aromatic nitrogens is 1. The number of hydrogen-bond donors (Lipinski definition) is 0. The van der Waals surface area contributed by atoms with Crippen molar-refractivity contribution >= 4 is 12.0 Å². The van der Waals surface area contributed by atoms with Gasteiger partial charge in [-0.25, -0.2) is 4.79 Å². The van der Waals surface area contributed by atoms with E-state index in [2.05, 4.69) is 17.0 Å². The molecule has 3 fully saturated rings. The van der Waals surface area contributed by atoms with Gasteiger partial charge in [0.25, 0.3) is 5.91 Å². The molecule has 1 aromatic heterocycles. The van der Waals surface area contributed by atoms with Crippen molar-refractivity contribution in [2.24, 2.45) is 0 Å². The highest BCUT2D eigenvalue weighted by atomic mass is 16.6. The fraction of sp³-hybridized carbons (Fsp3) is 0.783. The molecule has 0 radical (unpaired) electrons. The normalized spacial score (nSPS) is 24.8. The first-order valence-corrected chi connectivity index (χ1v) is 11.8. The fourth-order valence-corrected chi connectivity index (χ4v) is 5.73.